The number of aryl methyl sites for hydroxylation is 1. The van der Waals surface area contributed by atoms with Gasteiger partial charge < -0.3 is 23.8 Å². The maximum absolute atomic E-state index is 12.4. The molecule has 0 unspecified atom stereocenters. The summed E-state index contributed by atoms with van der Waals surface area (Å²) in [5.41, 5.74) is 1.58. The molecular weight excluding hydrogens is 392 g/mol. The van der Waals surface area contributed by atoms with Gasteiger partial charge in [0.05, 0.1) is 17.6 Å². The van der Waals surface area contributed by atoms with Gasteiger partial charge in [-0.1, -0.05) is 25.6 Å². The summed E-state index contributed by atoms with van der Waals surface area (Å²) in [5.74, 6) is 3.35. The van der Waals surface area contributed by atoms with Crippen molar-refractivity contribution in [1.29, 1.82) is 0 Å². The van der Waals surface area contributed by atoms with E-state index in [9.17, 15) is 4.79 Å². The number of ether oxygens (including phenoxy) is 2. The number of hydrogen-bond acceptors (Lipinski definition) is 7. The van der Waals surface area contributed by atoms with E-state index in [0.29, 0.717) is 28.3 Å². The molecule has 0 fully saturated rings. The highest BCUT2D eigenvalue weighted by molar-refractivity contribution is 7.99. The number of nitrogens with one attached hydrogen (secondary N) is 1. The monoisotopic (exact) mass is 414 g/mol. The number of anilines is 1. The van der Waals surface area contributed by atoms with Crippen molar-refractivity contribution in [3.05, 3.63) is 36.3 Å². The topological polar surface area (TPSA) is 91.4 Å². The molecule has 152 valence electrons. The number of thioether (sulfide) groups is 1. The molecule has 0 atom stereocenters. The molecule has 1 N–H and O–H groups in total. The summed E-state index contributed by atoms with van der Waals surface area (Å²) in [6, 6.07) is 7.21. The van der Waals surface area contributed by atoms with E-state index < -0.39 is 0 Å². The molecule has 2 aromatic heterocycles. The fourth-order valence-electron chi connectivity index (χ4n) is 3.04. The zero-order valence-corrected chi connectivity index (χ0v) is 17.3. The fraction of sp³-hybridized carbons (Fsp3) is 0.350. The van der Waals surface area contributed by atoms with Gasteiger partial charge in [0.2, 0.25) is 12.7 Å². The fourth-order valence-corrected chi connectivity index (χ4v) is 3.79. The van der Waals surface area contributed by atoms with Crippen LogP contribution in [0.25, 0.3) is 11.4 Å². The Balaban J connectivity index is 1.45. The molecule has 1 amide bonds. The number of amides is 1. The number of fused-ring (bicyclic) bond motifs is 1. The van der Waals surface area contributed by atoms with E-state index in [1.54, 1.807) is 24.5 Å². The number of aromatic nitrogens is 3. The Labute approximate surface area is 172 Å². The molecule has 8 nitrogen and oxygen atoms in total. The van der Waals surface area contributed by atoms with Crippen molar-refractivity contribution < 1.29 is 18.7 Å². The van der Waals surface area contributed by atoms with E-state index in [1.807, 2.05) is 17.6 Å². The maximum atomic E-state index is 12.4. The minimum absolute atomic E-state index is 0.131. The summed E-state index contributed by atoms with van der Waals surface area (Å²) < 4.78 is 18.1. The Morgan fingerprint density at radius 1 is 1.24 bits per heavy atom. The Kier molecular flexibility index (Phi) is 5.48. The van der Waals surface area contributed by atoms with Crippen LogP contribution in [0.2, 0.25) is 0 Å². The lowest BCUT2D eigenvalue weighted by Crippen LogP contribution is -2.15. The van der Waals surface area contributed by atoms with E-state index in [4.69, 9.17) is 13.9 Å². The number of benzene rings is 1. The predicted octanol–water partition coefficient (Wildman–Crippen LogP) is 3.96. The van der Waals surface area contributed by atoms with Crippen LogP contribution in [0.4, 0.5) is 5.69 Å². The van der Waals surface area contributed by atoms with E-state index >= 15 is 0 Å². The van der Waals surface area contributed by atoms with Gasteiger partial charge in [-0.15, -0.1) is 10.2 Å². The normalized spacial score (nSPS) is 12.6. The summed E-state index contributed by atoms with van der Waals surface area (Å²) in [4.78, 5) is 12.4. The summed E-state index contributed by atoms with van der Waals surface area (Å²) in [5, 5.41) is 12.2. The van der Waals surface area contributed by atoms with Gasteiger partial charge >= 0.3 is 0 Å². The van der Waals surface area contributed by atoms with Crippen LogP contribution < -0.4 is 14.8 Å². The van der Waals surface area contributed by atoms with Gasteiger partial charge in [0.1, 0.15) is 5.76 Å². The molecule has 0 bridgehead atoms. The van der Waals surface area contributed by atoms with E-state index in [2.05, 4.69) is 29.4 Å². The van der Waals surface area contributed by atoms with Gasteiger partial charge in [-0.2, -0.15) is 0 Å². The lowest BCUT2D eigenvalue weighted by molar-refractivity contribution is -0.113. The largest absolute Gasteiger partial charge is 0.469 e. The second kappa shape index (κ2) is 8.20. The van der Waals surface area contributed by atoms with Gasteiger partial charge in [0, 0.05) is 18.3 Å². The molecule has 1 aliphatic heterocycles. The van der Waals surface area contributed by atoms with Crippen molar-refractivity contribution in [3.63, 3.8) is 0 Å². The summed E-state index contributed by atoms with van der Waals surface area (Å²) in [6.45, 7) is 7.11. The molecule has 1 aromatic carbocycles. The van der Waals surface area contributed by atoms with Crippen molar-refractivity contribution >= 4 is 23.4 Å². The molecule has 4 rings (SSSR count). The van der Waals surface area contributed by atoms with Crippen molar-refractivity contribution in [2.45, 2.75) is 32.5 Å². The first kappa shape index (κ1) is 19.4. The van der Waals surface area contributed by atoms with E-state index in [0.717, 1.165) is 23.7 Å². The summed E-state index contributed by atoms with van der Waals surface area (Å²) in [7, 11) is 0. The molecule has 0 radical (unpaired) electrons. The van der Waals surface area contributed by atoms with Crippen molar-refractivity contribution in [3.8, 4) is 22.9 Å². The number of nitrogens with zero attached hydrogens (tertiary/aromatic N) is 3. The standard InChI is InChI=1S/C20H22N4O4S/c1-12(2)9-24-19(15-6-7-26-13(15)3)22-23-20(24)29-10-18(25)21-14-4-5-16-17(8-14)28-11-27-16/h4-8,12H,9-11H2,1-3H3,(H,21,25). The first-order valence-corrected chi connectivity index (χ1v) is 10.3. The van der Waals surface area contributed by atoms with Crippen molar-refractivity contribution in [2.75, 3.05) is 17.9 Å². The average molecular weight is 414 g/mol. The highest BCUT2D eigenvalue weighted by atomic mass is 32.2. The lowest BCUT2D eigenvalue weighted by Gasteiger charge is -2.12. The molecule has 29 heavy (non-hydrogen) atoms. The molecule has 0 aliphatic carbocycles. The molecule has 0 saturated heterocycles. The molecule has 0 saturated carbocycles. The zero-order valence-electron chi connectivity index (χ0n) is 16.5. The second-order valence-corrected chi connectivity index (χ2v) is 8.05. The van der Waals surface area contributed by atoms with Crippen molar-refractivity contribution in [1.82, 2.24) is 14.8 Å². The van der Waals surface area contributed by atoms with Crippen molar-refractivity contribution in [2.24, 2.45) is 5.92 Å². The third kappa shape index (κ3) is 4.24. The molecule has 3 heterocycles. The Morgan fingerprint density at radius 2 is 2.07 bits per heavy atom. The van der Waals surface area contributed by atoms with Crippen LogP contribution in [-0.4, -0.2) is 33.2 Å². The van der Waals surface area contributed by atoms with Crippen LogP contribution in [0.3, 0.4) is 0 Å². The molecular formula is C20H22N4O4S. The number of carbonyl (C=O) groups excluding carboxylic acids is 1. The van der Waals surface area contributed by atoms with Gasteiger partial charge in [-0.3, -0.25) is 4.79 Å². The predicted molar refractivity (Wildman–Crippen MR) is 109 cm³/mol. The molecule has 9 heteroatoms. The van der Waals surface area contributed by atoms with E-state index in [1.165, 1.54) is 11.8 Å². The highest BCUT2D eigenvalue weighted by Crippen LogP contribution is 2.34. The first-order chi connectivity index (χ1) is 14.0. The molecule has 0 spiro atoms. The zero-order chi connectivity index (χ0) is 20.4. The minimum atomic E-state index is -0.131. The SMILES string of the molecule is Cc1occc1-c1nnc(SCC(=O)Nc2ccc3c(c2)OCO3)n1CC(C)C. The van der Waals surface area contributed by atoms with E-state index in [-0.39, 0.29) is 18.5 Å². The van der Waals surface area contributed by atoms with Crippen LogP contribution in [0.15, 0.2) is 40.1 Å². The number of rotatable bonds is 7. The summed E-state index contributed by atoms with van der Waals surface area (Å²) >= 11 is 1.36. The molecule has 1 aliphatic rings. The van der Waals surface area contributed by atoms with Crippen LogP contribution in [0.5, 0.6) is 11.5 Å². The highest BCUT2D eigenvalue weighted by Gasteiger charge is 2.19. The first-order valence-electron chi connectivity index (χ1n) is 9.31. The Hall–Kier alpha value is -2.94. The summed E-state index contributed by atoms with van der Waals surface area (Å²) in [6.07, 6.45) is 1.64. The smallest absolute Gasteiger partial charge is 0.234 e. The van der Waals surface area contributed by atoms with Gasteiger partial charge in [-0.25, -0.2) is 0 Å². The van der Waals surface area contributed by atoms with Crippen LogP contribution >= 0.6 is 11.8 Å². The van der Waals surface area contributed by atoms with Gasteiger partial charge in [-0.05, 0) is 31.0 Å². The van der Waals surface area contributed by atoms with Crippen LogP contribution in [0, 0.1) is 12.8 Å². The van der Waals surface area contributed by atoms with Crippen LogP contribution in [-0.2, 0) is 11.3 Å². The third-order valence-electron chi connectivity index (χ3n) is 4.35. The minimum Gasteiger partial charge on any atom is -0.469 e. The Morgan fingerprint density at radius 3 is 2.83 bits per heavy atom. The number of hydrogen-bond donors (Lipinski definition) is 1. The van der Waals surface area contributed by atoms with Gasteiger partial charge in [0.15, 0.2) is 22.5 Å². The van der Waals surface area contributed by atoms with Crippen LogP contribution in [0.1, 0.15) is 19.6 Å². The second-order valence-electron chi connectivity index (χ2n) is 7.11. The third-order valence-corrected chi connectivity index (χ3v) is 5.32. The molecule has 3 aromatic rings. The average Bonchev–Trinajstić information content (AvgIpc) is 3.39. The number of furan rings is 1. The maximum Gasteiger partial charge on any atom is 0.234 e. The lowest BCUT2D eigenvalue weighted by atomic mass is 10.2. The Bertz CT molecular complexity index is 1030. The quantitative estimate of drug-likeness (QED) is 0.585. The number of carbonyl (C=O) groups is 1. The van der Waals surface area contributed by atoms with Gasteiger partial charge in [0.25, 0.3) is 0 Å².